The van der Waals surface area contributed by atoms with Crippen molar-refractivity contribution in [3.05, 3.63) is 58.6 Å². The highest BCUT2D eigenvalue weighted by Crippen LogP contribution is 2.30. The molecule has 0 spiro atoms. The van der Waals surface area contributed by atoms with Gasteiger partial charge in [0.15, 0.2) is 6.61 Å². The molecule has 1 aliphatic heterocycles. The molecule has 1 fully saturated rings. The fourth-order valence-corrected chi connectivity index (χ4v) is 3.17. The van der Waals surface area contributed by atoms with E-state index in [0.29, 0.717) is 27.1 Å². The third-order valence-electron chi connectivity index (χ3n) is 4.57. The zero-order chi connectivity index (χ0) is 21.2. The standard InChI is InChI=1S/C20H20ClN3O5/c1-12-9-14(21)7-8-16(12)29-11-17(25)23-24-18(26)20(2,22-19(24)27)13-5-4-6-15(10-13)28-3/h4-10H,11H2,1-3H3,(H,22,27)(H,23,25)/t20-/m0/s1. The molecule has 152 valence electrons. The topological polar surface area (TPSA) is 97.0 Å². The Balaban J connectivity index is 1.68. The van der Waals surface area contributed by atoms with Crippen LogP contribution in [-0.4, -0.2) is 36.6 Å². The maximum Gasteiger partial charge on any atom is 0.344 e. The number of rotatable bonds is 6. The number of halogens is 1. The lowest BCUT2D eigenvalue weighted by molar-refractivity contribution is -0.139. The van der Waals surface area contributed by atoms with Crippen molar-refractivity contribution in [2.45, 2.75) is 19.4 Å². The largest absolute Gasteiger partial charge is 0.497 e. The van der Waals surface area contributed by atoms with Gasteiger partial charge < -0.3 is 14.8 Å². The van der Waals surface area contributed by atoms with Gasteiger partial charge in [0.1, 0.15) is 17.0 Å². The Kier molecular flexibility index (Phi) is 5.65. The van der Waals surface area contributed by atoms with E-state index >= 15 is 0 Å². The number of nitrogens with zero attached hydrogens (tertiary/aromatic N) is 1. The molecule has 29 heavy (non-hydrogen) atoms. The lowest BCUT2D eigenvalue weighted by Gasteiger charge is -2.22. The number of aryl methyl sites for hydroxylation is 1. The Morgan fingerprint density at radius 1 is 1.24 bits per heavy atom. The van der Waals surface area contributed by atoms with E-state index in [0.717, 1.165) is 5.56 Å². The minimum atomic E-state index is -1.34. The molecule has 0 aromatic heterocycles. The number of nitrogens with one attached hydrogen (secondary N) is 2. The van der Waals surface area contributed by atoms with Crippen LogP contribution in [0.4, 0.5) is 4.79 Å². The zero-order valence-corrected chi connectivity index (χ0v) is 16.9. The van der Waals surface area contributed by atoms with Gasteiger partial charge in [-0.2, -0.15) is 5.01 Å². The van der Waals surface area contributed by atoms with Gasteiger partial charge in [0.05, 0.1) is 7.11 Å². The van der Waals surface area contributed by atoms with Gasteiger partial charge in [0, 0.05) is 5.02 Å². The first-order chi connectivity index (χ1) is 13.7. The van der Waals surface area contributed by atoms with Crippen LogP contribution < -0.4 is 20.2 Å². The third kappa shape index (κ3) is 4.12. The number of carbonyl (C=O) groups is 3. The summed E-state index contributed by atoms with van der Waals surface area (Å²) in [6.07, 6.45) is 0. The van der Waals surface area contributed by atoms with Gasteiger partial charge in [-0.3, -0.25) is 15.0 Å². The molecule has 1 aliphatic rings. The highest BCUT2D eigenvalue weighted by atomic mass is 35.5. The monoisotopic (exact) mass is 417 g/mol. The Bertz CT molecular complexity index is 980. The fraction of sp³-hybridized carbons (Fsp3) is 0.250. The van der Waals surface area contributed by atoms with Crippen molar-refractivity contribution in [3.8, 4) is 11.5 Å². The summed E-state index contributed by atoms with van der Waals surface area (Å²) in [5.41, 5.74) is 2.23. The summed E-state index contributed by atoms with van der Waals surface area (Å²) in [5.74, 6) is -0.257. The summed E-state index contributed by atoms with van der Waals surface area (Å²) in [6.45, 7) is 2.97. The Labute approximate surface area is 172 Å². The van der Waals surface area contributed by atoms with E-state index < -0.39 is 23.4 Å². The van der Waals surface area contributed by atoms with Crippen LogP contribution in [0, 0.1) is 6.92 Å². The Morgan fingerprint density at radius 2 is 2.00 bits per heavy atom. The van der Waals surface area contributed by atoms with E-state index in [1.807, 2.05) is 0 Å². The molecule has 0 aliphatic carbocycles. The predicted molar refractivity (Wildman–Crippen MR) is 106 cm³/mol. The molecule has 9 heteroatoms. The van der Waals surface area contributed by atoms with Crippen LogP contribution in [0.15, 0.2) is 42.5 Å². The molecule has 3 rings (SSSR count). The fourth-order valence-electron chi connectivity index (χ4n) is 2.95. The molecule has 1 saturated heterocycles. The first-order valence-corrected chi connectivity index (χ1v) is 9.12. The summed E-state index contributed by atoms with van der Waals surface area (Å²) in [6, 6.07) is 11.0. The van der Waals surface area contributed by atoms with E-state index in [1.54, 1.807) is 56.3 Å². The predicted octanol–water partition coefficient (Wildman–Crippen LogP) is 2.53. The van der Waals surface area contributed by atoms with Crippen LogP contribution in [0.25, 0.3) is 0 Å². The van der Waals surface area contributed by atoms with Crippen LogP contribution in [-0.2, 0) is 15.1 Å². The average Bonchev–Trinajstić information content (AvgIpc) is 2.91. The van der Waals surface area contributed by atoms with Crippen molar-refractivity contribution in [1.82, 2.24) is 15.8 Å². The van der Waals surface area contributed by atoms with E-state index in [4.69, 9.17) is 21.1 Å². The smallest absolute Gasteiger partial charge is 0.344 e. The molecular weight excluding hydrogens is 398 g/mol. The number of hydrogen-bond acceptors (Lipinski definition) is 5. The lowest BCUT2D eigenvalue weighted by atomic mass is 9.92. The second kappa shape index (κ2) is 8.00. The minimum Gasteiger partial charge on any atom is -0.497 e. The first-order valence-electron chi connectivity index (χ1n) is 8.74. The maximum atomic E-state index is 12.9. The van der Waals surface area contributed by atoms with Crippen molar-refractivity contribution < 1.29 is 23.9 Å². The summed E-state index contributed by atoms with van der Waals surface area (Å²) in [5, 5.41) is 3.81. The van der Waals surface area contributed by atoms with Gasteiger partial charge >= 0.3 is 6.03 Å². The molecule has 0 bridgehead atoms. The summed E-state index contributed by atoms with van der Waals surface area (Å²) >= 11 is 5.89. The van der Waals surface area contributed by atoms with Crippen LogP contribution in [0.2, 0.25) is 5.02 Å². The van der Waals surface area contributed by atoms with Gasteiger partial charge in [-0.25, -0.2) is 4.79 Å². The van der Waals surface area contributed by atoms with Crippen LogP contribution in [0.5, 0.6) is 11.5 Å². The molecule has 0 saturated carbocycles. The number of ether oxygens (including phenoxy) is 2. The molecule has 4 amide bonds. The number of hydrazine groups is 1. The summed E-state index contributed by atoms with van der Waals surface area (Å²) < 4.78 is 10.6. The minimum absolute atomic E-state index is 0.380. The Morgan fingerprint density at radius 3 is 2.69 bits per heavy atom. The molecule has 8 nitrogen and oxygen atoms in total. The van der Waals surface area contributed by atoms with Gasteiger partial charge in [-0.15, -0.1) is 0 Å². The Hall–Kier alpha value is -3.26. The molecule has 2 aromatic carbocycles. The van der Waals surface area contributed by atoms with Crippen LogP contribution in [0.3, 0.4) is 0 Å². The highest BCUT2D eigenvalue weighted by molar-refractivity contribution is 6.30. The number of methoxy groups -OCH3 is 1. The molecule has 2 N–H and O–H groups in total. The van der Waals surface area contributed by atoms with Crippen LogP contribution >= 0.6 is 11.6 Å². The molecule has 1 heterocycles. The lowest BCUT2D eigenvalue weighted by Crippen LogP contribution is -2.49. The number of carbonyl (C=O) groups excluding carboxylic acids is 3. The summed E-state index contributed by atoms with van der Waals surface area (Å²) in [4.78, 5) is 37.4. The van der Waals surface area contributed by atoms with E-state index in [1.165, 1.54) is 7.11 Å². The number of amides is 4. The number of imide groups is 1. The second-order valence-electron chi connectivity index (χ2n) is 6.66. The maximum absolute atomic E-state index is 12.9. The molecular formula is C20H20ClN3O5. The molecule has 1 atom stereocenters. The van der Waals surface area contributed by atoms with Crippen molar-refractivity contribution >= 4 is 29.4 Å². The molecule has 0 radical (unpaired) electrons. The second-order valence-corrected chi connectivity index (χ2v) is 7.10. The van der Waals surface area contributed by atoms with Gasteiger partial charge in [-0.1, -0.05) is 23.7 Å². The normalized spacial score (nSPS) is 18.4. The zero-order valence-electron chi connectivity index (χ0n) is 16.1. The SMILES string of the molecule is COc1cccc([C@]2(C)NC(=O)N(NC(=O)COc3ccc(Cl)cc3C)C2=O)c1. The van der Waals surface area contributed by atoms with Crippen molar-refractivity contribution in [3.63, 3.8) is 0 Å². The van der Waals surface area contributed by atoms with Crippen molar-refractivity contribution in [2.24, 2.45) is 0 Å². The van der Waals surface area contributed by atoms with E-state index in [-0.39, 0.29) is 6.61 Å². The number of urea groups is 1. The quantitative estimate of drug-likeness (QED) is 0.704. The first kappa shape index (κ1) is 20.5. The van der Waals surface area contributed by atoms with E-state index in [2.05, 4.69) is 10.7 Å². The summed E-state index contributed by atoms with van der Waals surface area (Å²) in [7, 11) is 1.51. The van der Waals surface area contributed by atoms with Gasteiger partial charge in [-0.05, 0) is 55.3 Å². The number of hydrogen-bond donors (Lipinski definition) is 2. The average molecular weight is 418 g/mol. The molecule has 0 unspecified atom stereocenters. The van der Waals surface area contributed by atoms with E-state index in [9.17, 15) is 14.4 Å². The van der Waals surface area contributed by atoms with Crippen LogP contribution in [0.1, 0.15) is 18.1 Å². The van der Waals surface area contributed by atoms with Crippen molar-refractivity contribution in [1.29, 1.82) is 0 Å². The van der Waals surface area contributed by atoms with Crippen molar-refractivity contribution in [2.75, 3.05) is 13.7 Å². The van der Waals surface area contributed by atoms with Gasteiger partial charge in [0.2, 0.25) is 0 Å². The number of benzene rings is 2. The molecule has 2 aromatic rings. The third-order valence-corrected chi connectivity index (χ3v) is 4.81. The highest BCUT2D eigenvalue weighted by Gasteiger charge is 2.50. The van der Waals surface area contributed by atoms with Gasteiger partial charge in [0.25, 0.3) is 11.8 Å².